The molecule has 2 aliphatic rings. The molecule has 2 fully saturated rings. The normalized spacial score (nSPS) is 20.1. The highest BCUT2D eigenvalue weighted by Gasteiger charge is 2.52. The zero-order chi connectivity index (χ0) is 55.0. The van der Waals surface area contributed by atoms with Gasteiger partial charge in [0, 0.05) is 36.8 Å². The van der Waals surface area contributed by atoms with E-state index in [0.717, 1.165) is 29.5 Å². The Morgan fingerprint density at radius 3 is 1.83 bits per heavy atom. The number of methoxy groups -OCH3 is 2. The van der Waals surface area contributed by atoms with E-state index >= 15 is 0 Å². The second-order valence-electron chi connectivity index (χ2n) is 21.1. The number of ether oxygens (including phenoxy) is 5. The van der Waals surface area contributed by atoms with Gasteiger partial charge in [0.15, 0.2) is 6.23 Å². The van der Waals surface area contributed by atoms with Gasteiger partial charge in [0.2, 0.25) is 5.91 Å². The number of H-pyrrole nitrogens is 1. The number of benzene rings is 3. The standard InChI is InChI=1S/C61H88N5O10P/c1-8-9-10-11-12-13-14-15-16-17-18-19-23-27-55(67)63-50-32-38-53(39-33-50)74-58-57(76-77(73-43-24-41-62)66(45(2)3)46(4)5)54(75-59(58)65-42-40-56(68)64-60(65)69)44-72-61(47-25-21-20-22-26-47,48-28-34-51(70-6)35-29-48)49-30-36-52(71-7)37-31-49/h20-22,25-26,28-31,34-37,40,42,45-46,50,53-54,57-59H,8-19,23-24,27,32-33,38-39,43-44H2,1-7H3,(H,63,67)(H,64,68,69)/t50?,53?,54-,57-,58-,59-,77?/m1/s1. The van der Waals surface area contributed by atoms with Crippen LogP contribution in [0.25, 0.3) is 0 Å². The maximum absolute atomic E-state index is 13.9. The first-order valence-electron chi connectivity index (χ1n) is 28.6. The largest absolute Gasteiger partial charge is 0.497 e. The summed E-state index contributed by atoms with van der Waals surface area (Å²) in [5, 5.41) is 12.9. The number of carbonyl (C=O) groups is 1. The van der Waals surface area contributed by atoms with Crippen molar-refractivity contribution < 1.29 is 37.5 Å². The SMILES string of the molecule is CCCCCCCCCCCCCCCC(=O)NC1CCC(O[C@@H]2[C@H](OP(OCCC#N)N(C(C)C)C(C)C)[C@@H](COC(c3ccccc3)(c3ccc(OC)cc3)c3ccc(OC)cc3)O[C@H]2n2ccc(=O)[nH]c2=O)CC1. The summed E-state index contributed by atoms with van der Waals surface area (Å²) in [4.78, 5) is 42.1. The monoisotopic (exact) mass is 1080 g/mol. The summed E-state index contributed by atoms with van der Waals surface area (Å²) in [5.41, 5.74) is 0.0184. The van der Waals surface area contributed by atoms with Crippen LogP contribution in [0.3, 0.4) is 0 Å². The van der Waals surface area contributed by atoms with Gasteiger partial charge in [-0.05, 0) is 101 Å². The van der Waals surface area contributed by atoms with Crippen molar-refractivity contribution in [2.75, 3.05) is 27.4 Å². The van der Waals surface area contributed by atoms with E-state index in [4.69, 9.17) is 32.7 Å². The molecular weight excluding hydrogens is 994 g/mol. The summed E-state index contributed by atoms with van der Waals surface area (Å²) in [6.07, 6.45) is 17.1. The molecule has 1 aromatic heterocycles. The van der Waals surface area contributed by atoms with Gasteiger partial charge >= 0.3 is 5.69 Å². The Bertz CT molecular complexity index is 2420. The van der Waals surface area contributed by atoms with E-state index in [0.29, 0.717) is 43.6 Å². The third-order valence-corrected chi connectivity index (χ3v) is 16.9. The molecule has 0 radical (unpaired) electrons. The van der Waals surface area contributed by atoms with Crippen molar-refractivity contribution in [1.29, 1.82) is 5.26 Å². The number of carbonyl (C=O) groups excluding carboxylic acids is 1. The second-order valence-corrected chi connectivity index (χ2v) is 22.6. The maximum Gasteiger partial charge on any atom is 0.330 e. The Morgan fingerprint density at radius 2 is 1.31 bits per heavy atom. The summed E-state index contributed by atoms with van der Waals surface area (Å²) < 4.78 is 50.3. The van der Waals surface area contributed by atoms with E-state index in [1.54, 1.807) is 14.2 Å². The first-order chi connectivity index (χ1) is 37.4. The molecule has 2 heterocycles. The third-order valence-electron chi connectivity index (χ3n) is 14.8. The molecule has 15 nitrogen and oxygen atoms in total. The minimum Gasteiger partial charge on any atom is -0.497 e. The first-order valence-corrected chi connectivity index (χ1v) is 29.7. The highest BCUT2D eigenvalue weighted by Crippen LogP contribution is 2.52. The second kappa shape index (κ2) is 32.2. The van der Waals surface area contributed by atoms with Crippen LogP contribution in [-0.2, 0) is 33.7 Å². The highest BCUT2D eigenvalue weighted by molar-refractivity contribution is 7.44. The minimum atomic E-state index is -1.87. The van der Waals surface area contributed by atoms with Crippen LogP contribution in [0.5, 0.6) is 11.5 Å². The topological polar surface area (TPSA) is 176 Å². The smallest absolute Gasteiger partial charge is 0.330 e. The predicted molar refractivity (Wildman–Crippen MR) is 303 cm³/mol. The molecule has 1 saturated heterocycles. The minimum absolute atomic E-state index is 0.0176. The fourth-order valence-electron chi connectivity index (χ4n) is 10.8. The number of hydrogen-bond donors (Lipinski definition) is 2. The van der Waals surface area contributed by atoms with Gasteiger partial charge in [0.25, 0.3) is 14.1 Å². The Balaban J connectivity index is 1.26. The van der Waals surface area contributed by atoms with Crippen LogP contribution in [-0.4, -0.2) is 90.1 Å². The van der Waals surface area contributed by atoms with Gasteiger partial charge in [-0.2, -0.15) is 5.26 Å². The van der Waals surface area contributed by atoms with Gasteiger partial charge in [-0.1, -0.05) is 139 Å². The van der Waals surface area contributed by atoms with Crippen LogP contribution in [0.2, 0.25) is 0 Å². The lowest BCUT2D eigenvalue weighted by Crippen LogP contribution is -2.46. The average Bonchev–Trinajstić information content (AvgIpc) is 3.82. The lowest BCUT2D eigenvalue weighted by molar-refractivity contribution is -0.124. The lowest BCUT2D eigenvalue weighted by Gasteiger charge is -2.40. The Morgan fingerprint density at radius 1 is 0.766 bits per heavy atom. The van der Waals surface area contributed by atoms with E-state index < -0.39 is 49.9 Å². The summed E-state index contributed by atoms with van der Waals surface area (Å²) in [6, 6.07) is 29.0. The molecule has 6 rings (SSSR count). The molecule has 2 N–H and O–H groups in total. The number of unbranched alkanes of at least 4 members (excludes halogenated alkanes) is 12. The molecule has 1 amide bonds. The number of aromatic nitrogens is 2. The molecular formula is C61H88N5O10P. The van der Waals surface area contributed by atoms with Gasteiger partial charge < -0.3 is 38.0 Å². The summed E-state index contributed by atoms with van der Waals surface area (Å²) in [7, 11) is 1.39. The zero-order valence-electron chi connectivity index (χ0n) is 47.0. The molecule has 0 bridgehead atoms. The van der Waals surface area contributed by atoms with Gasteiger partial charge in [-0.15, -0.1) is 0 Å². The molecule has 1 aliphatic carbocycles. The molecule has 1 saturated carbocycles. The van der Waals surface area contributed by atoms with Crippen LogP contribution < -0.4 is 26.0 Å². The molecule has 1 unspecified atom stereocenters. The van der Waals surface area contributed by atoms with E-state index in [1.807, 2.05) is 78.9 Å². The Hall–Kier alpha value is -4.91. The molecule has 1 aliphatic heterocycles. The van der Waals surface area contributed by atoms with E-state index in [1.165, 1.54) is 87.5 Å². The van der Waals surface area contributed by atoms with Gasteiger partial charge in [-0.25, -0.2) is 9.46 Å². The van der Waals surface area contributed by atoms with Crippen molar-refractivity contribution in [3.05, 3.63) is 129 Å². The number of rotatable bonds is 34. The molecule has 5 atom stereocenters. The third kappa shape index (κ3) is 17.8. The lowest BCUT2D eigenvalue weighted by atomic mass is 9.80. The van der Waals surface area contributed by atoms with Gasteiger partial charge in [-0.3, -0.25) is 19.1 Å². The highest BCUT2D eigenvalue weighted by atomic mass is 31.2. The van der Waals surface area contributed by atoms with Crippen molar-refractivity contribution in [3.63, 3.8) is 0 Å². The van der Waals surface area contributed by atoms with Crippen LogP contribution in [0.15, 0.2) is 101 Å². The zero-order valence-corrected chi connectivity index (χ0v) is 47.9. The summed E-state index contributed by atoms with van der Waals surface area (Å²) >= 11 is 0. The van der Waals surface area contributed by atoms with E-state index in [-0.39, 0.29) is 49.8 Å². The number of hydrogen-bond acceptors (Lipinski definition) is 12. The van der Waals surface area contributed by atoms with Crippen LogP contribution in [0, 0.1) is 11.3 Å². The predicted octanol–water partition coefficient (Wildman–Crippen LogP) is 12.4. The van der Waals surface area contributed by atoms with Crippen LogP contribution >= 0.6 is 8.53 Å². The van der Waals surface area contributed by atoms with Crippen molar-refractivity contribution in [3.8, 4) is 17.6 Å². The van der Waals surface area contributed by atoms with Gasteiger partial charge in [0.1, 0.15) is 35.4 Å². The quantitative estimate of drug-likeness (QED) is 0.0258. The van der Waals surface area contributed by atoms with Crippen molar-refractivity contribution in [2.45, 2.75) is 211 Å². The maximum atomic E-state index is 13.9. The van der Waals surface area contributed by atoms with Crippen LogP contribution in [0.1, 0.15) is 180 Å². The van der Waals surface area contributed by atoms with Crippen molar-refractivity contribution >= 4 is 14.4 Å². The average molecular weight is 1080 g/mol. The van der Waals surface area contributed by atoms with E-state index in [2.05, 4.69) is 55.7 Å². The van der Waals surface area contributed by atoms with Crippen molar-refractivity contribution in [2.24, 2.45) is 0 Å². The van der Waals surface area contributed by atoms with Gasteiger partial charge in [0.05, 0.1) is 46.0 Å². The molecule has 0 spiro atoms. The number of nitrogens with one attached hydrogen (secondary N) is 2. The number of aromatic amines is 1. The summed E-state index contributed by atoms with van der Waals surface area (Å²) in [5.74, 6) is 1.45. The number of amides is 1. The fourth-order valence-corrected chi connectivity index (χ4v) is 12.6. The fraction of sp³-hybridized carbons (Fsp3) is 0.607. The molecule has 16 heteroatoms. The van der Waals surface area contributed by atoms with E-state index in [9.17, 15) is 19.6 Å². The summed E-state index contributed by atoms with van der Waals surface area (Å²) in [6.45, 7) is 10.6. The molecule has 3 aromatic carbocycles. The number of nitriles is 1. The number of nitrogens with zero attached hydrogens (tertiary/aromatic N) is 3. The molecule has 4 aromatic rings. The Labute approximate surface area is 459 Å². The molecule has 77 heavy (non-hydrogen) atoms. The first kappa shape index (κ1) is 61.3. The van der Waals surface area contributed by atoms with Crippen LogP contribution in [0.4, 0.5) is 0 Å². The Kier molecular flexibility index (Phi) is 25.7. The van der Waals surface area contributed by atoms with Crippen molar-refractivity contribution in [1.82, 2.24) is 19.5 Å². The molecule has 422 valence electrons.